The Morgan fingerprint density at radius 2 is 1.93 bits per heavy atom. The van der Waals surface area contributed by atoms with Crippen LogP contribution < -0.4 is 11.5 Å². The lowest BCUT2D eigenvalue weighted by molar-refractivity contribution is -0.118. The Balaban J connectivity index is 0.000000262. The lowest BCUT2D eigenvalue weighted by Gasteiger charge is -1.90. The molecule has 0 saturated carbocycles. The average Bonchev–Trinajstić information content (AvgIpc) is 2.20. The second-order valence-corrected chi connectivity index (χ2v) is 2.92. The molecule has 6 heteroatoms. The molecule has 0 aromatic carbocycles. The summed E-state index contributed by atoms with van der Waals surface area (Å²) in [6.07, 6.45) is 6.46. The van der Waals surface area contributed by atoms with Gasteiger partial charge in [0.2, 0.25) is 11.9 Å². The molecule has 0 atom stereocenters. The first-order chi connectivity index (χ1) is 7.16. The van der Waals surface area contributed by atoms with Crippen molar-refractivity contribution in [3.63, 3.8) is 0 Å². The molecule has 0 saturated heterocycles. The Morgan fingerprint density at radius 1 is 1.33 bits per heavy atom. The Bertz CT molecular complexity index is 264. The van der Waals surface area contributed by atoms with Crippen LogP contribution in [0.5, 0.6) is 0 Å². The molecule has 0 aliphatic carbocycles. The van der Waals surface area contributed by atoms with Gasteiger partial charge in [-0.25, -0.2) is 15.0 Å². The van der Waals surface area contributed by atoms with Gasteiger partial charge in [0.25, 0.3) is 0 Å². The minimum Gasteiger partial charge on any atom is -0.370 e. The monoisotopic (exact) mass is 211 g/mol. The fourth-order valence-electron chi connectivity index (χ4n) is 0.797. The van der Waals surface area contributed by atoms with E-state index in [0.717, 1.165) is 19.3 Å². The fourth-order valence-corrected chi connectivity index (χ4v) is 0.797. The minimum atomic E-state index is -0.182. The predicted molar refractivity (Wildman–Crippen MR) is 57.6 cm³/mol. The van der Waals surface area contributed by atoms with E-state index in [9.17, 15) is 4.79 Å². The number of nitrogens with two attached hydrogens (primary N) is 2. The van der Waals surface area contributed by atoms with Gasteiger partial charge in [-0.15, -0.1) is 0 Å². The normalized spacial score (nSPS) is 8.87. The van der Waals surface area contributed by atoms with Gasteiger partial charge in [0.15, 0.2) is 0 Å². The lowest BCUT2D eigenvalue weighted by Crippen LogP contribution is -2.09. The lowest BCUT2D eigenvalue weighted by atomic mass is 10.2. The first-order valence-electron chi connectivity index (χ1n) is 4.82. The third kappa shape index (κ3) is 10.2. The molecule has 1 aromatic rings. The molecule has 0 aliphatic heterocycles. The summed E-state index contributed by atoms with van der Waals surface area (Å²) in [6.45, 7) is 2.10. The Labute approximate surface area is 89.1 Å². The van der Waals surface area contributed by atoms with Gasteiger partial charge < -0.3 is 11.5 Å². The van der Waals surface area contributed by atoms with Gasteiger partial charge in [0.05, 0.1) is 0 Å². The number of amides is 1. The number of nitrogens with zero attached hydrogens (tertiary/aromatic N) is 3. The third-order valence-electron chi connectivity index (χ3n) is 1.54. The van der Waals surface area contributed by atoms with Crippen molar-refractivity contribution < 1.29 is 4.79 Å². The Hall–Kier alpha value is -1.72. The maximum absolute atomic E-state index is 10.1. The van der Waals surface area contributed by atoms with Crippen molar-refractivity contribution in [1.29, 1.82) is 0 Å². The fraction of sp³-hybridized carbons (Fsp3) is 0.556. The van der Waals surface area contributed by atoms with Gasteiger partial charge in [-0.3, -0.25) is 4.79 Å². The number of rotatable bonds is 4. The van der Waals surface area contributed by atoms with E-state index in [-0.39, 0.29) is 11.9 Å². The zero-order valence-electron chi connectivity index (χ0n) is 8.89. The van der Waals surface area contributed by atoms with E-state index in [4.69, 9.17) is 11.5 Å². The number of hydrogen-bond donors (Lipinski definition) is 2. The molecular formula is C9H17N5O. The van der Waals surface area contributed by atoms with Crippen LogP contribution in [0.25, 0.3) is 0 Å². The van der Waals surface area contributed by atoms with Crippen molar-refractivity contribution >= 4 is 11.9 Å². The molecule has 0 aliphatic rings. The molecule has 1 heterocycles. The number of anilines is 1. The molecule has 1 aromatic heterocycles. The molecule has 1 rings (SSSR count). The summed E-state index contributed by atoms with van der Waals surface area (Å²) in [7, 11) is 0. The third-order valence-corrected chi connectivity index (χ3v) is 1.54. The van der Waals surface area contributed by atoms with Gasteiger partial charge in [-0.2, -0.15) is 0 Å². The van der Waals surface area contributed by atoms with Crippen LogP contribution in [0.15, 0.2) is 12.7 Å². The number of hydrogen-bond acceptors (Lipinski definition) is 5. The van der Waals surface area contributed by atoms with E-state index in [1.807, 2.05) is 0 Å². The van der Waals surface area contributed by atoms with Crippen molar-refractivity contribution in [2.75, 3.05) is 5.73 Å². The molecular weight excluding hydrogens is 194 g/mol. The molecule has 15 heavy (non-hydrogen) atoms. The maximum Gasteiger partial charge on any atom is 0.222 e. The SMILES string of the molecule is CCCCCC(N)=O.Nc1ncncn1. The number of carbonyl (C=O) groups excluding carboxylic acids is 1. The van der Waals surface area contributed by atoms with Crippen LogP contribution in [-0.2, 0) is 4.79 Å². The number of unbranched alkanes of at least 4 members (excludes halogenated alkanes) is 2. The molecule has 0 spiro atoms. The summed E-state index contributed by atoms with van der Waals surface area (Å²) in [4.78, 5) is 20.7. The summed E-state index contributed by atoms with van der Waals surface area (Å²) in [5.74, 6) is 0.0773. The average molecular weight is 211 g/mol. The van der Waals surface area contributed by atoms with Crippen LogP contribution in [0, 0.1) is 0 Å². The number of nitrogen functional groups attached to an aromatic ring is 1. The molecule has 0 radical (unpaired) electrons. The molecule has 0 bridgehead atoms. The second kappa shape index (κ2) is 8.86. The van der Waals surface area contributed by atoms with Crippen LogP contribution in [0.4, 0.5) is 5.95 Å². The highest BCUT2D eigenvalue weighted by atomic mass is 16.1. The molecule has 1 amide bonds. The Morgan fingerprint density at radius 3 is 2.27 bits per heavy atom. The summed E-state index contributed by atoms with van der Waals surface area (Å²) in [6, 6.07) is 0. The molecule has 4 N–H and O–H groups in total. The summed E-state index contributed by atoms with van der Waals surface area (Å²) < 4.78 is 0. The molecule has 6 nitrogen and oxygen atoms in total. The number of carbonyl (C=O) groups is 1. The van der Waals surface area contributed by atoms with Crippen LogP contribution in [-0.4, -0.2) is 20.9 Å². The van der Waals surface area contributed by atoms with E-state index >= 15 is 0 Å². The minimum absolute atomic E-state index is 0.182. The standard InChI is InChI=1S/C6H13NO.C3H4N4/c1-2-3-4-5-6(7)8;4-3-6-1-5-2-7-3/h2-5H2,1H3,(H2,7,8);1-2H,(H2,4,5,6,7). The molecule has 84 valence electrons. The van der Waals surface area contributed by atoms with Gasteiger partial charge in [0, 0.05) is 6.42 Å². The van der Waals surface area contributed by atoms with Crippen LogP contribution in [0.3, 0.4) is 0 Å². The zero-order valence-corrected chi connectivity index (χ0v) is 8.89. The largest absolute Gasteiger partial charge is 0.370 e. The van der Waals surface area contributed by atoms with Gasteiger partial charge in [-0.05, 0) is 6.42 Å². The second-order valence-electron chi connectivity index (χ2n) is 2.92. The summed E-state index contributed by atoms with van der Waals surface area (Å²) >= 11 is 0. The topological polar surface area (TPSA) is 108 Å². The van der Waals surface area contributed by atoms with Crippen LogP contribution in [0.2, 0.25) is 0 Å². The summed E-state index contributed by atoms with van der Waals surface area (Å²) in [5, 5.41) is 0. The highest BCUT2D eigenvalue weighted by Crippen LogP contribution is 1.96. The smallest absolute Gasteiger partial charge is 0.222 e. The number of aromatic nitrogens is 3. The maximum atomic E-state index is 10.1. The number of primary amides is 1. The highest BCUT2D eigenvalue weighted by Gasteiger charge is 1.90. The quantitative estimate of drug-likeness (QED) is 0.705. The van der Waals surface area contributed by atoms with Gasteiger partial charge >= 0.3 is 0 Å². The van der Waals surface area contributed by atoms with E-state index in [1.165, 1.54) is 12.7 Å². The van der Waals surface area contributed by atoms with E-state index in [0.29, 0.717) is 6.42 Å². The van der Waals surface area contributed by atoms with Crippen molar-refractivity contribution in [3.05, 3.63) is 12.7 Å². The first kappa shape index (κ1) is 13.3. The van der Waals surface area contributed by atoms with Crippen molar-refractivity contribution in [2.45, 2.75) is 32.6 Å². The highest BCUT2D eigenvalue weighted by molar-refractivity contribution is 5.73. The van der Waals surface area contributed by atoms with Gasteiger partial charge in [-0.1, -0.05) is 19.8 Å². The molecule has 0 unspecified atom stereocenters. The predicted octanol–water partition coefficient (Wildman–Crippen LogP) is 0.506. The van der Waals surface area contributed by atoms with Crippen LogP contribution >= 0.6 is 0 Å². The zero-order chi connectivity index (χ0) is 11.5. The van der Waals surface area contributed by atoms with Crippen molar-refractivity contribution in [2.24, 2.45) is 5.73 Å². The van der Waals surface area contributed by atoms with Gasteiger partial charge in [0.1, 0.15) is 12.7 Å². The van der Waals surface area contributed by atoms with E-state index in [2.05, 4.69) is 21.9 Å². The molecule has 0 fully saturated rings. The van der Waals surface area contributed by atoms with E-state index in [1.54, 1.807) is 0 Å². The van der Waals surface area contributed by atoms with E-state index < -0.39 is 0 Å². The van der Waals surface area contributed by atoms with Crippen molar-refractivity contribution in [3.8, 4) is 0 Å². The first-order valence-corrected chi connectivity index (χ1v) is 4.82. The van der Waals surface area contributed by atoms with Crippen molar-refractivity contribution in [1.82, 2.24) is 15.0 Å². The summed E-state index contributed by atoms with van der Waals surface area (Å²) in [5.41, 5.74) is 9.99. The van der Waals surface area contributed by atoms with Crippen LogP contribution in [0.1, 0.15) is 32.6 Å². The Kier molecular flexibility index (Phi) is 7.84.